The molecule has 0 saturated carbocycles. The van der Waals surface area contributed by atoms with Crippen molar-refractivity contribution in [2.24, 2.45) is 4.99 Å². The van der Waals surface area contributed by atoms with Crippen LogP contribution in [0, 0.1) is 0 Å². The maximum absolute atomic E-state index is 12.7. The third-order valence-corrected chi connectivity index (χ3v) is 4.41. The van der Waals surface area contributed by atoms with Crippen LogP contribution in [0.4, 0.5) is 19.0 Å². The van der Waals surface area contributed by atoms with Crippen molar-refractivity contribution < 1.29 is 17.7 Å². The summed E-state index contributed by atoms with van der Waals surface area (Å²) in [6.07, 6.45) is -1.40. The van der Waals surface area contributed by atoms with Gasteiger partial charge in [-0.15, -0.1) is 0 Å². The number of rotatable bonds is 4. The Balaban J connectivity index is 1.58. The normalized spacial score (nSPS) is 18.0. The summed E-state index contributed by atoms with van der Waals surface area (Å²) >= 11 is 6.03. The fraction of sp³-hybridized carbons (Fsp3) is 0.438. The Morgan fingerprint density at radius 2 is 2.30 bits per heavy atom. The second-order valence-electron chi connectivity index (χ2n) is 6.02. The summed E-state index contributed by atoms with van der Waals surface area (Å²) in [5, 5.41) is 10.2. The predicted octanol–water partition coefficient (Wildman–Crippen LogP) is 2.69. The highest BCUT2D eigenvalue weighted by Gasteiger charge is 2.33. The van der Waals surface area contributed by atoms with Crippen LogP contribution >= 0.6 is 11.6 Å². The van der Waals surface area contributed by atoms with Gasteiger partial charge in [-0.2, -0.15) is 13.2 Å². The van der Waals surface area contributed by atoms with E-state index in [0.717, 1.165) is 24.4 Å². The SMILES string of the molecule is CN=C(NCc1ccon1)NC1CCN(c2ncc(C(F)(F)F)cc2Cl)C1. The molecule has 3 rings (SSSR count). The molecule has 0 spiro atoms. The average Bonchev–Trinajstić information content (AvgIpc) is 3.29. The summed E-state index contributed by atoms with van der Waals surface area (Å²) in [6.45, 7) is 1.62. The molecule has 1 atom stereocenters. The Kier molecular flexibility index (Phi) is 5.73. The van der Waals surface area contributed by atoms with E-state index in [1.165, 1.54) is 6.26 Å². The maximum Gasteiger partial charge on any atom is 0.417 e. The zero-order chi connectivity index (χ0) is 19.4. The number of aliphatic imine (C=N–C) groups is 1. The Morgan fingerprint density at radius 1 is 1.48 bits per heavy atom. The van der Waals surface area contributed by atoms with E-state index in [4.69, 9.17) is 16.1 Å². The second kappa shape index (κ2) is 8.03. The van der Waals surface area contributed by atoms with E-state index in [1.807, 2.05) is 4.90 Å². The number of anilines is 1. The lowest BCUT2D eigenvalue weighted by Crippen LogP contribution is -2.44. The van der Waals surface area contributed by atoms with Crippen LogP contribution in [0.2, 0.25) is 5.02 Å². The van der Waals surface area contributed by atoms with Gasteiger partial charge in [-0.3, -0.25) is 4.99 Å². The van der Waals surface area contributed by atoms with Gasteiger partial charge in [0.15, 0.2) is 5.96 Å². The Morgan fingerprint density at radius 3 is 2.93 bits per heavy atom. The van der Waals surface area contributed by atoms with Gasteiger partial charge in [-0.05, 0) is 12.5 Å². The molecule has 0 aliphatic carbocycles. The number of nitrogens with zero attached hydrogens (tertiary/aromatic N) is 4. The van der Waals surface area contributed by atoms with Crippen LogP contribution < -0.4 is 15.5 Å². The molecule has 1 aliphatic heterocycles. The van der Waals surface area contributed by atoms with Crippen LogP contribution in [0.5, 0.6) is 0 Å². The predicted molar refractivity (Wildman–Crippen MR) is 94.7 cm³/mol. The number of nitrogens with one attached hydrogen (secondary N) is 2. The lowest BCUT2D eigenvalue weighted by atomic mass is 10.2. The zero-order valence-corrected chi connectivity index (χ0v) is 15.2. The molecule has 11 heteroatoms. The minimum Gasteiger partial charge on any atom is -0.364 e. The lowest BCUT2D eigenvalue weighted by molar-refractivity contribution is -0.137. The largest absolute Gasteiger partial charge is 0.417 e. The van der Waals surface area contributed by atoms with Gasteiger partial charge in [-0.25, -0.2) is 4.98 Å². The van der Waals surface area contributed by atoms with E-state index in [2.05, 4.69) is 25.8 Å². The Bertz CT molecular complexity index is 796. The summed E-state index contributed by atoms with van der Waals surface area (Å²) in [4.78, 5) is 9.92. The molecule has 1 aliphatic rings. The van der Waals surface area contributed by atoms with Crippen molar-refractivity contribution in [3.05, 3.63) is 40.9 Å². The van der Waals surface area contributed by atoms with Crippen molar-refractivity contribution in [3.8, 4) is 0 Å². The fourth-order valence-electron chi connectivity index (χ4n) is 2.78. The van der Waals surface area contributed by atoms with Gasteiger partial charge >= 0.3 is 6.18 Å². The molecule has 2 aromatic heterocycles. The molecule has 1 unspecified atom stereocenters. The Hall–Kier alpha value is -2.49. The van der Waals surface area contributed by atoms with Crippen LogP contribution in [-0.2, 0) is 12.7 Å². The van der Waals surface area contributed by atoms with Gasteiger partial charge in [-0.1, -0.05) is 16.8 Å². The van der Waals surface area contributed by atoms with E-state index < -0.39 is 11.7 Å². The summed E-state index contributed by atoms with van der Waals surface area (Å²) in [5.74, 6) is 0.941. The van der Waals surface area contributed by atoms with Crippen LogP contribution in [0.3, 0.4) is 0 Å². The molecule has 3 heterocycles. The van der Waals surface area contributed by atoms with Crippen molar-refractivity contribution in [2.45, 2.75) is 25.2 Å². The third-order valence-electron chi connectivity index (χ3n) is 4.13. The van der Waals surface area contributed by atoms with Gasteiger partial charge in [0.25, 0.3) is 0 Å². The first-order chi connectivity index (χ1) is 12.9. The van der Waals surface area contributed by atoms with E-state index in [0.29, 0.717) is 31.4 Å². The van der Waals surface area contributed by atoms with Crippen molar-refractivity contribution in [1.29, 1.82) is 0 Å². The van der Waals surface area contributed by atoms with Gasteiger partial charge in [0, 0.05) is 38.4 Å². The van der Waals surface area contributed by atoms with E-state index >= 15 is 0 Å². The van der Waals surface area contributed by atoms with E-state index in [1.54, 1.807) is 13.1 Å². The molecule has 7 nitrogen and oxygen atoms in total. The first kappa shape index (κ1) is 19.3. The smallest absolute Gasteiger partial charge is 0.364 e. The van der Waals surface area contributed by atoms with Gasteiger partial charge in [0.2, 0.25) is 0 Å². The molecule has 1 fully saturated rings. The molecule has 2 aromatic rings. The quantitative estimate of drug-likeness (QED) is 0.604. The van der Waals surface area contributed by atoms with E-state index in [-0.39, 0.29) is 11.1 Å². The molecule has 27 heavy (non-hydrogen) atoms. The van der Waals surface area contributed by atoms with Crippen molar-refractivity contribution in [1.82, 2.24) is 20.8 Å². The molecular formula is C16H18ClF3N6O. The number of pyridine rings is 1. The zero-order valence-electron chi connectivity index (χ0n) is 14.4. The number of alkyl halides is 3. The van der Waals surface area contributed by atoms with Crippen LogP contribution in [0.25, 0.3) is 0 Å². The summed E-state index contributed by atoms with van der Waals surface area (Å²) < 4.78 is 43.0. The molecule has 2 N–H and O–H groups in total. The highest BCUT2D eigenvalue weighted by molar-refractivity contribution is 6.33. The van der Waals surface area contributed by atoms with Gasteiger partial charge in [0.05, 0.1) is 17.1 Å². The standard InChI is InChI=1S/C16H18ClF3N6O/c1-21-15(23-8-11-3-5-27-25-11)24-12-2-4-26(9-12)14-13(17)6-10(7-22-14)16(18,19)20/h3,5-7,12H,2,4,8-9H2,1H3,(H2,21,23,24). The van der Waals surface area contributed by atoms with Crippen molar-refractivity contribution in [3.63, 3.8) is 0 Å². The van der Waals surface area contributed by atoms with Crippen LogP contribution in [0.1, 0.15) is 17.7 Å². The minimum atomic E-state index is -4.47. The highest BCUT2D eigenvalue weighted by atomic mass is 35.5. The summed E-state index contributed by atoms with van der Waals surface area (Å²) in [7, 11) is 1.65. The summed E-state index contributed by atoms with van der Waals surface area (Å²) in [5.41, 5.74) is -0.116. The van der Waals surface area contributed by atoms with E-state index in [9.17, 15) is 13.2 Å². The molecule has 1 saturated heterocycles. The Labute approximate surface area is 158 Å². The number of hydrogen-bond donors (Lipinski definition) is 2. The van der Waals surface area contributed by atoms with Crippen LogP contribution in [0.15, 0.2) is 34.1 Å². The number of aromatic nitrogens is 2. The maximum atomic E-state index is 12.7. The lowest BCUT2D eigenvalue weighted by Gasteiger charge is -2.21. The van der Waals surface area contributed by atoms with Crippen molar-refractivity contribution >= 4 is 23.4 Å². The van der Waals surface area contributed by atoms with Gasteiger partial charge < -0.3 is 20.1 Å². The molecule has 0 bridgehead atoms. The molecule has 146 valence electrons. The topological polar surface area (TPSA) is 78.6 Å². The number of guanidine groups is 1. The third kappa shape index (κ3) is 4.82. The molecule has 0 aromatic carbocycles. The summed E-state index contributed by atoms with van der Waals surface area (Å²) in [6, 6.07) is 2.70. The van der Waals surface area contributed by atoms with Crippen molar-refractivity contribution in [2.75, 3.05) is 25.0 Å². The van der Waals surface area contributed by atoms with Gasteiger partial charge in [0.1, 0.15) is 17.8 Å². The fourth-order valence-corrected chi connectivity index (χ4v) is 3.07. The molecule has 0 amide bonds. The monoisotopic (exact) mass is 402 g/mol. The second-order valence-corrected chi connectivity index (χ2v) is 6.43. The highest BCUT2D eigenvalue weighted by Crippen LogP contribution is 2.34. The average molecular weight is 403 g/mol. The molecule has 0 radical (unpaired) electrons. The van der Waals surface area contributed by atoms with Crippen LogP contribution in [-0.4, -0.2) is 42.3 Å². The first-order valence-corrected chi connectivity index (χ1v) is 8.58. The number of halogens is 4. The number of hydrogen-bond acceptors (Lipinski definition) is 5. The minimum absolute atomic E-state index is 0.0148. The molecular weight excluding hydrogens is 385 g/mol. The first-order valence-electron chi connectivity index (χ1n) is 8.21.